The van der Waals surface area contributed by atoms with Gasteiger partial charge in [-0.25, -0.2) is 8.78 Å². The monoisotopic (exact) mass is 332 g/mol. The number of carbonyl (C=O) groups is 2. The predicted octanol–water partition coefficient (Wildman–Crippen LogP) is 2.61. The van der Waals surface area contributed by atoms with Gasteiger partial charge in [-0.2, -0.15) is 0 Å². The zero-order chi connectivity index (χ0) is 17.7. The molecule has 2 N–H and O–H groups in total. The molecule has 0 aliphatic heterocycles. The molecular formula is C18H18F2N2O2. The Hall–Kier alpha value is -2.76. The van der Waals surface area contributed by atoms with Crippen LogP contribution in [0.1, 0.15) is 31.8 Å². The van der Waals surface area contributed by atoms with Crippen LogP contribution in [-0.2, 0) is 6.42 Å². The maximum Gasteiger partial charge on any atom is 0.254 e. The van der Waals surface area contributed by atoms with Crippen molar-refractivity contribution in [2.75, 3.05) is 13.6 Å². The third kappa shape index (κ3) is 3.95. The maximum atomic E-state index is 13.8. The molecule has 4 nitrogen and oxygen atoms in total. The van der Waals surface area contributed by atoms with E-state index in [-0.39, 0.29) is 23.6 Å². The molecule has 2 amide bonds. The topological polar surface area (TPSA) is 58.2 Å². The molecule has 6 heteroatoms. The average molecular weight is 332 g/mol. The number of hydrogen-bond acceptors (Lipinski definition) is 2. The number of rotatable bonds is 5. The molecule has 0 unspecified atom stereocenters. The third-order valence-electron chi connectivity index (χ3n) is 3.64. The van der Waals surface area contributed by atoms with Crippen molar-refractivity contribution in [3.63, 3.8) is 0 Å². The van der Waals surface area contributed by atoms with Gasteiger partial charge in [-0.15, -0.1) is 0 Å². The molecule has 0 saturated heterocycles. The Labute approximate surface area is 138 Å². The van der Waals surface area contributed by atoms with Crippen LogP contribution < -0.4 is 10.6 Å². The molecule has 0 atom stereocenters. The van der Waals surface area contributed by atoms with Crippen molar-refractivity contribution in [3.8, 4) is 0 Å². The van der Waals surface area contributed by atoms with Crippen molar-refractivity contribution >= 4 is 11.8 Å². The van der Waals surface area contributed by atoms with Gasteiger partial charge in [-0.3, -0.25) is 9.59 Å². The molecule has 24 heavy (non-hydrogen) atoms. The van der Waals surface area contributed by atoms with E-state index in [1.54, 1.807) is 25.2 Å². The zero-order valence-electron chi connectivity index (χ0n) is 13.5. The molecule has 0 aliphatic carbocycles. The summed E-state index contributed by atoms with van der Waals surface area (Å²) in [6.45, 7) is 1.67. The van der Waals surface area contributed by atoms with E-state index in [2.05, 4.69) is 10.6 Å². The Morgan fingerprint density at radius 1 is 1.04 bits per heavy atom. The number of hydrogen-bond donors (Lipinski definition) is 2. The third-order valence-corrected chi connectivity index (χ3v) is 3.64. The van der Waals surface area contributed by atoms with Gasteiger partial charge in [0, 0.05) is 19.2 Å². The molecular weight excluding hydrogens is 314 g/mol. The van der Waals surface area contributed by atoms with Crippen molar-refractivity contribution < 1.29 is 18.4 Å². The van der Waals surface area contributed by atoms with E-state index in [0.29, 0.717) is 12.0 Å². The molecule has 0 heterocycles. The molecule has 0 spiro atoms. The molecule has 0 aromatic heterocycles. The van der Waals surface area contributed by atoms with Crippen LogP contribution in [0.15, 0.2) is 36.4 Å². The minimum atomic E-state index is -1.14. The van der Waals surface area contributed by atoms with Crippen LogP contribution in [0.25, 0.3) is 0 Å². The fraction of sp³-hybridized carbons (Fsp3) is 0.222. The second-order valence-corrected chi connectivity index (χ2v) is 5.34. The SMILES string of the molecule is CNC(=O)c1cccc(CCNC(=O)c2ccc(C)c(F)c2F)c1. The first-order valence-electron chi connectivity index (χ1n) is 7.48. The van der Waals surface area contributed by atoms with Crippen LogP contribution in [0.3, 0.4) is 0 Å². The number of benzene rings is 2. The Bertz CT molecular complexity index is 776. The first-order valence-corrected chi connectivity index (χ1v) is 7.48. The van der Waals surface area contributed by atoms with Gasteiger partial charge in [0.2, 0.25) is 0 Å². The molecule has 0 saturated carbocycles. The molecule has 2 rings (SSSR count). The van der Waals surface area contributed by atoms with Crippen molar-refractivity contribution in [3.05, 3.63) is 70.3 Å². The van der Waals surface area contributed by atoms with Gasteiger partial charge < -0.3 is 10.6 Å². The normalized spacial score (nSPS) is 10.3. The highest BCUT2D eigenvalue weighted by Gasteiger charge is 2.16. The number of halogens is 2. The van der Waals surface area contributed by atoms with Gasteiger partial charge in [0.25, 0.3) is 11.8 Å². The largest absolute Gasteiger partial charge is 0.355 e. The van der Waals surface area contributed by atoms with Crippen molar-refractivity contribution in [1.29, 1.82) is 0 Å². The van der Waals surface area contributed by atoms with E-state index < -0.39 is 17.5 Å². The van der Waals surface area contributed by atoms with Gasteiger partial charge in [-0.1, -0.05) is 18.2 Å². The lowest BCUT2D eigenvalue weighted by atomic mass is 10.1. The van der Waals surface area contributed by atoms with Crippen LogP contribution >= 0.6 is 0 Å². The summed E-state index contributed by atoms with van der Waals surface area (Å²) in [7, 11) is 1.55. The van der Waals surface area contributed by atoms with E-state index in [1.165, 1.54) is 19.1 Å². The van der Waals surface area contributed by atoms with E-state index >= 15 is 0 Å². The molecule has 2 aromatic rings. The Morgan fingerprint density at radius 3 is 2.50 bits per heavy atom. The summed E-state index contributed by atoms with van der Waals surface area (Å²) >= 11 is 0. The summed E-state index contributed by atoms with van der Waals surface area (Å²) in [5.41, 5.74) is 1.20. The summed E-state index contributed by atoms with van der Waals surface area (Å²) in [5.74, 6) is -3.03. The van der Waals surface area contributed by atoms with Crippen LogP contribution in [0, 0.1) is 18.6 Å². The highest BCUT2D eigenvalue weighted by Crippen LogP contribution is 2.15. The lowest BCUT2D eigenvalue weighted by molar-refractivity contribution is 0.0944. The van der Waals surface area contributed by atoms with Crippen molar-refractivity contribution in [2.45, 2.75) is 13.3 Å². The van der Waals surface area contributed by atoms with Gasteiger partial charge in [0.05, 0.1) is 5.56 Å². The van der Waals surface area contributed by atoms with E-state index in [4.69, 9.17) is 0 Å². The highest BCUT2D eigenvalue weighted by molar-refractivity contribution is 5.95. The van der Waals surface area contributed by atoms with Crippen LogP contribution in [-0.4, -0.2) is 25.4 Å². The Kier molecular flexibility index (Phi) is 5.63. The molecule has 0 aliphatic rings. The molecule has 0 fully saturated rings. The smallest absolute Gasteiger partial charge is 0.254 e. The van der Waals surface area contributed by atoms with Gasteiger partial charge in [-0.05, 0) is 42.7 Å². The van der Waals surface area contributed by atoms with Gasteiger partial charge in [0.15, 0.2) is 11.6 Å². The minimum absolute atomic E-state index is 0.148. The molecule has 2 aromatic carbocycles. The fourth-order valence-corrected chi connectivity index (χ4v) is 2.25. The highest BCUT2D eigenvalue weighted by atomic mass is 19.2. The van der Waals surface area contributed by atoms with Gasteiger partial charge >= 0.3 is 0 Å². The number of carbonyl (C=O) groups excluding carboxylic acids is 2. The summed E-state index contributed by atoms with van der Waals surface area (Å²) < 4.78 is 27.3. The summed E-state index contributed by atoms with van der Waals surface area (Å²) in [4.78, 5) is 23.5. The van der Waals surface area contributed by atoms with Gasteiger partial charge in [0.1, 0.15) is 0 Å². The second-order valence-electron chi connectivity index (χ2n) is 5.34. The Morgan fingerprint density at radius 2 is 1.79 bits per heavy atom. The minimum Gasteiger partial charge on any atom is -0.355 e. The first-order chi connectivity index (χ1) is 11.4. The molecule has 0 radical (unpaired) electrons. The number of nitrogens with one attached hydrogen (secondary N) is 2. The van der Waals surface area contributed by atoms with Crippen LogP contribution in [0.5, 0.6) is 0 Å². The average Bonchev–Trinajstić information content (AvgIpc) is 2.59. The lowest BCUT2D eigenvalue weighted by Crippen LogP contribution is -2.27. The summed E-state index contributed by atoms with van der Waals surface area (Å²) in [6.07, 6.45) is 0.465. The van der Waals surface area contributed by atoms with E-state index in [0.717, 1.165) is 5.56 Å². The predicted molar refractivity (Wildman–Crippen MR) is 87.0 cm³/mol. The quantitative estimate of drug-likeness (QED) is 0.884. The second kappa shape index (κ2) is 7.68. The molecule has 126 valence electrons. The van der Waals surface area contributed by atoms with Crippen molar-refractivity contribution in [2.24, 2.45) is 0 Å². The summed E-state index contributed by atoms with van der Waals surface area (Å²) in [5, 5.41) is 5.09. The lowest BCUT2D eigenvalue weighted by Gasteiger charge is -2.08. The zero-order valence-corrected chi connectivity index (χ0v) is 13.5. The first kappa shape index (κ1) is 17.6. The summed E-state index contributed by atoms with van der Waals surface area (Å²) in [6, 6.07) is 9.60. The molecule has 0 bridgehead atoms. The van der Waals surface area contributed by atoms with E-state index in [1.807, 2.05) is 6.07 Å². The van der Waals surface area contributed by atoms with Crippen molar-refractivity contribution in [1.82, 2.24) is 10.6 Å². The van der Waals surface area contributed by atoms with Crippen LogP contribution in [0.4, 0.5) is 8.78 Å². The Balaban J connectivity index is 1.98. The van der Waals surface area contributed by atoms with E-state index in [9.17, 15) is 18.4 Å². The standard InChI is InChI=1S/C18H18F2N2O2/c1-11-6-7-14(16(20)15(11)19)18(24)22-9-8-12-4-3-5-13(10-12)17(23)21-2/h3-7,10H,8-9H2,1-2H3,(H,21,23)(H,22,24). The number of aryl methyl sites for hydroxylation is 1. The number of amides is 2. The van der Waals surface area contributed by atoms with Crippen LogP contribution in [0.2, 0.25) is 0 Å². The fourth-order valence-electron chi connectivity index (χ4n) is 2.25. The maximum absolute atomic E-state index is 13.8.